The molecule has 0 amide bonds. The second-order valence-corrected chi connectivity index (χ2v) is 4.97. The first-order valence-corrected chi connectivity index (χ1v) is 6.07. The van der Waals surface area contributed by atoms with Gasteiger partial charge in [-0.25, -0.2) is 0 Å². The molecule has 1 saturated carbocycles. The van der Waals surface area contributed by atoms with Crippen LogP contribution in [0.1, 0.15) is 44.8 Å². The molecule has 1 heterocycles. The van der Waals surface area contributed by atoms with E-state index in [0.29, 0.717) is 12.3 Å². The molecule has 1 aromatic rings. The SMILES string of the molecule is CC1(NCc2ccc([N+](=O)[O-])o2)CCCCC1. The summed E-state index contributed by atoms with van der Waals surface area (Å²) >= 11 is 0. The van der Waals surface area contributed by atoms with E-state index in [0.717, 1.165) is 12.8 Å². The zero-order valence-corrected chi connectivity index (χ0v) is 10.1. The highest BCUT2D eigenvalue weighted by Crippen LogP contribution is 2.28. The summed E-state index contributed by atoms with van der Waals surface area (Å²) in [5, 5.41) is 13.9. The molecular weight excluding hydrogens is 220 g/mol. The lowest BCUT2D eigenvalue weighted by Crippen LogP contribution is -2.43. The molecule has 5 nitrogen and oxygen atoms in total. The van der Waals surface area contributed by atoms with Gasteiger partial charge in [0.1, 0.15) is 10.7 Å². The molecule has 0 aliphatic heterocycles. The quantitative estimate of drug-likeness (QED) is 0.646. The molecule has 0 spiro atoms. The van der Waals surface area contributed by atoms with Crippen LogP contribution in [-0.4, -0.2) is 10.5 Å². The van der Waals surface area contributed by atoms with Gasteiger partial charge in [-0.05, 0) is 25.8 Å². The van der Waals surface area contributed by atoms with Gasteiger partial charge in [-0.1, -0.05) is 19.3 Å². The number of nitrogens with one attached hydrogen (secondary N) is 1. The number of hydrogen-bond donors (Lipinski definition) is 1. The summed E-state index contributed by atoms with van der Waals surface area (Å²) in [4.78, 5) is 9.97. The van der Waals surface area contributed by atoms with Crippen LogP contribution in [0.5, 0.6) is 0 Å². The Morgan fingerprint density at radius 1 is 1.41 bits per heavy atom. The van der Waals surface area contributed by atoms with E-state index in [1.165, 1.54) is 25.3 Å². The van der Waals surface area contributed by atoms with Gasteiger partial charge in [0.2, 0.25) is 0 Å². The van der Waals surface area contributed by atoms with Crippen LogP contribution in [-0.2, 0) is 6.54 Å². The molecule has 0 atom stereocenters. The van der Waals surface area contributed by atoms with E-state index in [1.54, 1.807) is 6.07 Å². The Labute approximate surface area is 100 Å². The van der Waals surface area contributed by atoms with Crippen molar-refractivity contribution in [1.29, 1.82) is 0 Å². The van der Waals surface area contributed by atoms with Crippen molar-refractivity contribution < 1.29 is 9.34 Å². The lowest BCUT2D eigenvalue weighted by atomic mass is 9.83. The van der Waals surface area contributed by atoms with Crippen molar-refractivity contribution in [2.45, 2.75) is 51.1 Å². The predicted molar refractivity (Wildman–Crippen MR) is 63.7 cm³/mol. The van der Waals surface area contributed by atoms with Crippen LogP contribution in [0, 0.1) is 10.1 Å². The van der Waals surface area contributed by atoms with E-state index in [9.17, 15) is 10.1 Å². The summed E-state index contributed by atoms with van der Waals surface area (Å²) in [5.41, 5.74) is 0.153. The topological polar surface area (TPSA) is 68.3 Å². The molecule has 0 radical (unpaired) electrons. The van der Waals surface area contributed by atoms with Gasteiger partial charge < -0.3 is 9.73 Å². The summed E-state index contributed by atoms with van der Waals surface area (Å²) in [5.74, 6) is 0.444. The van der Waals surface area contributed by atoms with Crippen molar-refractivity contribution >= 4 is 5.88 Å². The number of rotatable bonds is 4. The third-order valence-electron chi connectivity index (χ3n) is 3.47. The van der Waals surface area contributed by atoms with Crippen LogP contribution in [0.3, 0.4) is 0 Å². The molecule has 0 aromatic carbocycles. The summed E-state index contributed by atoms with van der Waals surface area (Å²) in [7, 11) is 0. The van der Waals surface area contributed by atoms with Crippen molar-refractivity contribution in [2.75, 3.05) is 0 Å². The van der Waals surface area contributed by atoms with Crippen LogP contribution in [0.15, 0.2) is 16.5 Å². The van der Waals surface area contributed by atoms with Crippen molar-refractivity contribution in [3.63, 3.8) is 0 Å². The van der Waals surface area contributed by atoms with E-state index < -0.39 is 4.92 Å². The molecule has 0 saturated heterocycles. The molecule has 0 bridgehead atoms. The molecule has 2 rings (SSSR count). The number of nitro groups is 1. The van der Waals surface area contributed by atoms with Crippen molar-refractivity contribution in [3.05, 3.63) is 28.0 Å². The Morgan fingerprint density at radius 2 is 2.12 bits per heavy atom. The molecule has 1 aliphatic rings. The highest BCUT2D eigenvalue weighted by Gasteiger charge is 2.26. The van der Waals surface area contributed by atoms with Crippen molar-refractivity contribution in [1.82, 2.24) is 5.32 Å². The minimum Gasteiger partial charge on any atom is -0.404 e. The van der Waals surface area contributed by atoms with Gasteiger partial charge in [-0.15, -0.1) is 0 Å². The Morgan fingerprint density at radius 3 is 2.71 bits per heavy atom. The van der Waals surface area contributed by atoms with Crippen LogP contribution in [0.2, 0.25) is 0 Å². The maximum Gasteiger partial charge on any atom is 0.433 e. The highest BCUT2D eigenvalue weighted by atomic mass is 16.6. The third kappa shape index (κ3) is 3.06. The largest absolute Gasteiger partial charge is 0.433 e. The number of hydrogen-bond acceptors (Lipinski definition) is 4. The lowest BCUT2D eigenvalue weighted by Gasteiger charge is -2.34. The maximum absolute atomic E-state index is 10.5. The molecule has 1 fully saturated rings. The highest BCUT2D eigenvalue weighted by molar-refractivity contribution is 5.17. The average Bonchev–Trinajstić information content (AvgIpc) is 2.76. The van der Waals surface area contributed by atoms with Crippen LogP contribution in [0.4, 0.5) is 5.88 Å². The number of furan rings is 1. The normalized spacial score (nSPS) is 19.1. The number of nitrogens with zero attached hydrogens (tertiary/aromatic N) is 1. The van der Waals surface area contributed by atoms with Gasteiger partial charge in [0.25, 0.3) is 0 Å². The molecule has 94 valence electrons. The third-order valence-corrected chi connectivity index (χ3v) is 3.47. The minimum atomic E-state index is -0.508. The summed E-state index contributed by atoms with van der Waals surface area (Å²) in [6.45, 7) is 2.77. The lowest BCUT2D eigenvalue weighted by molar-refractivity contribution is -0.402. The zero-order chi connectivity index (χ0) is 12.3. The fourth-order valence-corrected chi connectivity index (χ4v) is 2.37. The van der Waals surface area contributed by atoms with Crippen molar-refractivity contribution in [3.8, 4) is 0 Å². The molecule has 1 aliphatic carbocycles. The summed E-state index contributed by atoms with van der Waals surface area (Å²) in [6.07, 6.45) is 6.14. The zero-order valence-electron chi connectivity index (χ0n) is 10.1. The molecular formula is C12H18N2O3. The standard InChI is InChI=1S/C12H18N2O3/c1-12(7-3-2-4-8-12)13-9-10-5-6-11(17-10)14(15)16/h5-6,13H,2-4,7-9H2,1H3. The predicted octanol–water partition coefficient (Wildman–Crippen LogP) is 3.00. The summed E-state index contributed by atoms with van der Waals surface area (Å²) in [6, 6.07) is 3.07. The van der Waals surface area contributed by atoms with Gasteiger partial charge in [-0.2, -0.15) is 0 Å². The van der Waals surface area contributed by atoms with E-state index >= 15 is 0 Å². The molecule has 0 unspecified atom stereocenters. The first-order valence-electron chi connectivity index (χ1n) is 6.07. The Kier molecular flexibility index (Phi) is 3.47. The average molecular weight is 238 g/mol. The smallest absolute Gasteiger partial charge is 0.404 e. The molecule has 17 heavy (non-hydrogen) atoms. The van der Waals surface area contributed by atoms with E-state index in [1.807, 2.05) is 0 Å². The summed E-state index contributed by atoms with van der Waals surface area (Å²) < 4.78 is 5.12. The van der Waals surface area contributed by atoms with Crippen LogP contribution < -0.4 is 5.32 Å². The van der Waals surface area contributed by atoms with Gasteiger partial charge in [0.05, 0.1) is 12.6 Å². The monoisotopic (exact) mass is 238 g/mol. The fraction of sp³-hybridized carbons (Fsp3) is 0.667. The van der Waals surface area contributed by atoms with Gasteiger partial charge in [-0.3, -0.25) is 10.1 Å². The van der Waals surface area contributed by atoms with Gasteiger partial charge in [0, 0.05) is 5.54 Å². The molecule has 5 heteroatoms. The van der Waals surface area contributed by atoms with Crippen LogP contribution in [0.25, 0.3) is 0 Å². The van der Waals surface area contributed by atoms with Crippen molar-refractivity contribution in [2.24, 2.45) is 0 Å². The minimum absolute atomic E-state index is 0.153. The van der Waals surface area contributed by atoms with E-state index in [-0.39, 0.29) is 11.4 Å². The second kappa shape index (κ2) is 4.87. The van der Waals surface area contributed by atoms with Crippen LogP contribution >= 0.6 is 0 Å². The Balaban J connectivity index is 1.90. The van der Waals surface area contributed by atoms with Gasteiger partial charge >= 0.3 is 5.88 Å². The van der Waals surface area contributed by atoms with Gasteiger partial charge in [0.15, 0.2) is 0 Å². The van der Waals surface area contributed by atoms with E-state index in [4.69, 9.17) is 4.42 Å². The molecule has 1 N–H and O–H groups in total. The first kappa shape index (κ1) is 12.1. The van der Waals surface area contributed by atoms with E-state index in [2.05, 4.69) is 12.2 Å². The maximum atomic E-state index is 10.5. The Hall–Kier alpha value is -1.36. The first-order chi connectivity index (χ1) is 8.09. The second-order valence-electron chi connectivity index (χ2n) is 4.97. The fourth-order valence-electron chi connectivity index (χ4n) is 2.37. The Bertz CT molecular complexity index is 394. The molecule has 1 aromatic heterocycles.